The summed E-state index contributed by atoms with van der Waals surface area (Å²) in [5.41, 5.74) is 8.18. The number of aryl methyl sites for hydroxylation is 2. The molecule has 2 aromatic carbocycles. The van der Waals surface area contributed by atoms with E-state index in [2.05, 4.69) is 4.72 Å². The predicted molar refractivity (Wildman–Crippen MR) is 89.1 cm³/mol. The van der Waals surface area contributed by atoms with Crippen LogP contribution >= 0.6 is 12.2 Å². The Labute approximate surface area is 130 Å². The van der Waals surface area contributed by atoms with E-state index < -0.39 is 10.0 Å². The number of benzene rings is 2. The van der Waals surface area contributed by atoms with E-state index in [-0.39, 0.29) is 9.88 Å². The van der Waals surface area contributed by atoms with E-state index in [9.17, 15) is 8.42 Å². The summed E-state index contributed by atoms with van der Waals surface area (Å²) in [6.45, 7) is 3.62. The third-order valence-electron chi connectivity index (χ3n) is 3.03. The first-order chi connectivity index (χ1) is 9.79. The van der Waals surface area contributed by atoms with Crippen LogP contribution in [0.1, 0.15) is 16.7 Å². The number of anilines is 1. The molecule has 0 radical (unpaired) electrons. The minimum atomic E-state index is -3.64. The third kappa shape index (κ3) is 3.59. The van der Waals surface area contributed by atoms with Gasteiger partial charge in [-0.3, -0.25) is 4.72 Å². The fourth-order valence-electron chi connectivity index (χ4n) is 1.94. The van der Waals surface area contributed by atoms with Crippen LogP contribution in [0.2, 0.25) is 0 Å². The Balaban J connectivity index is 2.40. The molecule has 0 aliphatic carbocycles. The summed E-state index contributed by atoms with van der Waals surface area (Å²) in [6, 6.07) is 12.0. The average Bonchev–Trinajstić information content (AvgIpc) is 2.41. The molecule has 0 bridgehead atoms. The molecule has 110 valence electrons. The highest BCUT2D eigenvalue weighted by Gasteiger charge is 2.17. The lowest BCUT2D eigenvalue weighted by molar-refractivity contribution is 0.600. The summed E-state index contributed by atoms with van der Waals surface area (Å²) in [5, 5.41) is 0. The highest BCUT2D eigenvalue weighted by molar-refractivity contribution is 7.92. The van der Waals surface area contributed by atoms with E-state index >= 15 is 0 Å². The summed E-state index contributed by atoms with van der Waals surface area (Å²) in [7, 11) is -3.64. The third-order valence-corrected chi connectivity index (χ3v) is 4.79. The summed E-state index contributed by atoms with van der Waals surface area (Å²) in [4.78, 5) is 0.492. The maximum absolute atomic E-state index is 12.5. The molecule has 4 nitrogen and oxygen atoms in total. The lowest BCUT2D eigenvalue weighted by Crippen LogP contribution is -2.15. The molecule has 0 amide bonds. The van der Waals surface area contributed by atoms with Gasteiger partial charge in [0.15, 0.2) is 0 Å². The molecule has 0 aliphatic rings. The van der Waals surface area contributed by atoms with Crippen LogP contribution in [-0.2, 0) is 10.0 Å². The van der Waals surface area contributed by atoms with Crippen molar-refractivity contribution >= 4 is 32.9 Å². The van der Waals surface area contributed by atoms with Crippen molar-refractivity contribution in [3.63, 3.8) is 0 Å². The fourth-order valence-corrected chi connectivity index (χ4v) is 3.45. The Morgan fingerprint density at radius 2 is 1.86 bits per heavy atom. The van der Waals surface area contributed by atoms with Gasteiger partial charge in [-0.1, -0.05) is 36.5 Å². The van der Waals surface area contributed by atoms with Crippen molar-refractivity contribution in [2.24, 2.45) is 5.73 Å². The number of rotatable bonds is 4. The van der Waals surface area contributed by atoms with E-state index in [1.54, 1.807) is 43.3 Å². The Hall–Kier alpha value is -1.92. The first kappa shape index (κ1) is 15.5. The minimum absolute atomic E-state index is 0.225. The van der Waals surface area contributed by atoms with Gasteiger partial charge >= 0.3 is 0 Å². The molecule has 0 atom stereocenters. The van der Waals surface area contributed by atoms with Crippen LogP contribution in [0, 0.1) is 13.8 Å². The van der Waals surface area contributed by atoms with Crippen LogP contribution in [0.15, 0.2) is 47.4 Å². The summed E-state index contributed by atoms with van der Waals surface area (Å²) in [5.74, 6) is 0. The van der Waals surface area contributed by atoms with Gasteiger partial charge in [-0.2, -0.15) is 0 Å². The highest BCUT2D eigenvalue weighted by atomic mass is 32.2. The topological polar surface area (TPSA) is 72.2 Å². The molecular weight excluding hydrogens is 304 g/mol. The van der Waals surface area contributed by atoms with Gasteiger partial charge in [-0.15, -0.1) is 0 Å². The number of hydrogen-bond donors (Lipinski definition) is 2. The Kier molecular flexibility index (Phi) is 4.29. The van der Waals surface area contributed by atoms with Crippen molar-refractivity contribution in [2.75, 3.05) is 4.72 Å². The summed E-state index contributed by atoms with van der Waals surface area (Å²) in [6.07, 6.45) is 0. The Morgan fingerprint density at radius 1 is 1.14 bits per heavy atom. The Bertz CT molecular complexity index is 799. The van der Waals surface area contributed by atoms with E-state index in [4.69, 9.17) is 18.0 Å². The van der Waals surface area contributed by atoms with Crippen molar-refractivity contribution in [2.45, 2.75) is 18.7 Å². The van der Waals surface area contributed by atoms with Gasteiger partial charge in [-0.25, -0.2) is 8.42 Å². The van der Waals surface area contributed by atoms with Gasteiger partial charge in [0.1, 0.15) is 4.99 Å². The maximum Gasteiger partial charge on any atom is 0.262 e. The monoisotopic (exact) mass is 320 g/mol. The quantitative estimate of drug-likeness (QED) is 0.850. The molecule has 0 unspecified atom stereocenters. The molecule has 0 heterocycles. The molecule has 0 fully saturated rings. The van der Waals surface area contributed by atoms with Crippen LogP contribution < -0.4 is 10.5 Å². The summed E-state index contributed by atoms with van der Waals surface area (Å²) >= 11 is 4.89. The molecule has 0 saturated carbocycles. The largest absolute Gasteiger partial charge is 0.389 e. The smallest absolute Gasteiger partial charge is 0.262 e. The molecule has 21 heavy (non-hydrogen) atoms. The standard InChI is InChI=1S/C15H16N2O2S2/c1-10-6-7-11(2)14(8-10)21(18,19)17-13-5-3-4-12(9-13)15(16)20/h3-9,17H,1-2H3,(H2,16,20). The zero-order valence-electron chi connectivity index (χ0n) is 11.8. The second-order valence-corrected chi connectivity index (χ2v) is 6.91. The molecule has 2 aromatic rings. The lowest BCUT2D eigenvalue weighted by atomic mass is 10.2. The second-order valence-electron chi connectivity index (χ2n) is 4.82. The van der Waals surface area contributed by atoms with Crippen molar-refractivity contribution in [3.05, 3.63) is 59.2 Å². The average molecular weight is 320 g/mol. The van der Waals surface area contributed by atoms with Crippen molar-refractivity contribution < 1.29 is 8.42 Å². The van der Waals surface area contributed by atoms with E-state index in [1.807, 2.05) is 13.0 Å². The van der Waals surface area contributed by atoms with Crippen molar-refractivity contribution in [1.82, 2.24) is 0 Å². The van der Waals surface area contributed by atoms with Crippen LogP contribution in [0.4, 0.5) is 5.69 Å². The molecule has 0 aromatic heterocycles. The van der Waals surface area contributed by atoms with Gasteiger partial charge in [0.2, 0.25) is 0 Å². The molecule has 2 rings (SSSR count). The van der Waals surface area contributed by atoms with Crippen molar-refractivity contribution in [1.29, 1.82) is 0 Å². The summed E-state index contributed by atoms with van der Waals surface area (Å²) < 4.78 is 27.5. The number of nitrogens with one attached hydrogen (secondary N) is 1. The van der Waals surface area contributed by atoms with Gasteiger partial charge in [0.25, 0.3) is 10.0 Å². The van der Waals surface area contributed by atoms with Crippen LogP contribution in [0.5, 0.6) is 0 Å². The normalized spacial score (nSPS) is 11.1. The van der Waals surface area contributed by atoms with E-state index in [0.717, 1.165) is 5.56 Å². The van der Waals surface area contributed by atoms with Crippen LogP contribution in [-0.4, -0.2) is 13.4 Å². The number of thiocarbonyl (C=S) groups is 1. The van der Waals surface area contributed by atoms with Gasteiger partial charge in [0.05, 0.1) is 4.90 Å². The molecule has 3 N–H and O–H groups in total. The highest BCUT2D eigenvalue weighted by Crippen LogP contribution is 2.21. The number of sulfonamides is 1. The minimum Gasteiger partial charge on any atom is -0.389 e. The first-order valence-electron chi connectivity index (χ1n) is 6.29. The zero-order chi connectivity index (χ0) is 15.6. The molecule has 6 heteroatoms. The van der Waals surface area contributed by atoms with Gasteiger partial charge in [0, 0.05) is 11.3 Å². The van der Waals surface area contributed by atoms with Crippen LogP contribution in [0.25, 0.3) is 0 Å². The van der Waals surface area contributed by atoms with Crippen molar-refractivity contribution in [3.8, 4) is 0 Å². The van der Waals surface area contributed by atoms with Gasteiger partial charge in [-0.05, 0) is 43.2 Å². The molecular formula is C15H16N2O2S2. The number of nitrogens with two attached hydrogens (primary N) is 1. The molecule has 0 aliphatic heterocycles. The van der Waals surface area contributed by atoms with Gasteiger partial charge < -0.3 is 5.73 Å². The lowest BCUT2D eigenvalue weighted by Gasteiger charge is -2.12. The molecule has 0 saturated heterocycles. The SMILES string of the molecule is Cc1ccc(C)c(S(=O)(=O)Nc2cccc(C(N)=S)c2)c1. The first-order valence-corrected chi connectivity index (χ1v) is 8.19. The van der Waals surface area contributed by atoms with E-state index in [0.29, 0.717) is 16.8 Å². The second kappa shape index (κ2) is 5.83. The Morgan fingerprint density at radius 3 is 2.52 bits per heavy atom. The molecule has 0 spiro atoms. The van der Waals surface area contributed by atoms with E-state index in [1.165, 1.54) is 0 Å². The maximum atomic E-state index is 12.5. The van der Waals surface area contributed by atoms with Crippen LogP contribution in [0.3, 0.4) is 0 Å². The number of hydrogen-bond acceptors (Lipinski definition) is 3. The fraction of sp³-hybridized carbons (Fsp3) is 0.133. The zero-order valence-corrected chi connectivity index (χ0v) is 13.4. The predicted octanol–water partition coefficient (Wildman–Crippen LogP) is 2.74.